The third-order valence-corrected chi connectivity index (χ3v) is 3.46. The number of rotatable bonds is 10. The summed E-state index contributed by atoms with van der Waals surface area (Å²) in [5, 5.41) is 9.82. The van der Waals surface area contributed by atoms with Crippen molar-refractivity contribution >= 4 is 0 Å². The van der Waals surface area contributed by atoms with Crippen LogP contribution in [0.4, 0.5) is 0 Å². The van der Waals surface area contributed by atoms with E-state index in [4.69, 9.17) is 4.74 Å². The van der Waals surface area contributed by atoms with Crippen LogP contribution in [0.25, 0.3) is 0 Å². The molecule has 1 rings (SSSR count). The van der Waals surface area contributed by atoms with Crippen LogP contribution in [0.15, 0.2) is 55.1 Å². The first-order chi connectivity index (χ1) is 10.1. The van der Waals surface area contributed by atoms with Gasteiger partial charge in [0.1, 0.15) is 0 Å². The van der Waals surface area contributed by atoms with Crippen molar-refractivity contribution in [1.29, 1.82) is 0 Å². The molecule has 0 aliphatic rings. The Morgan fingerprint density at radius 3 is 2.57 bits per heavy atom. The third kappa shape index (κ3) is 7.84. The van der Waals surface area contributed by atoms with Crippen molar-refractivity contribution in [3.8, 4) is 0 Å². The molecule has 0 amide bonds. The molecule has 0 saturated carbocycles. The number of benzene rings is 1. The molecule has 1 aromatic carbocycles. The largest absolute Gasteiger partial charge is 0.393 e. The van der Waals surface area contributed by atoms with Crippen LogP contribution in [0.1, 0.15) is 38.7 Å². The molecule has 2 nitrogen and oxygen atoms in total. The molecule has 0 aromatic heterocycles. The molecular formula is C19H28O2. The smallest absolute Gasteiger partial charge is 0.0763 e. The van der Waals surface area contributed by atoms with Crippen molar-refractivity contribution < 1.29 is 9.84 Å². The molecule has 2 atom stereocenters. The van der Waals surface area contributed by atoms with Crippen molar-refractivity contribution in [3.63, 3.8) is 0 Å². The quantitative estimate of drug-likeness (QED) is 0.642. The maximum Gasteiger partial charge on any atom is 0.0763 e. The number of aliphatic hydroxyl groups excluding tert-OH is 1. The topological polar surface area (TPSA) is 29.5 Å². The maximum atomic E-state index is 9.82. The Bertz CT molecular complexity index is 409. The molecule has 0 unspecified atom stereocenters. The van der Waals surface area contributed by atoms with E-state index in [1.807, 2.05) is 44.2 Å². The summed E-state index contributed by atoms with van der Waals surface area (Å²) in [6.07, 6.45) is 8.33. The second-order valence-corrected chi connectivity index (χ2v) is 5.68. The summed E-state index contributed by atoms with van der Waals surface area (Å²) in [6, 6.07) is 10.2. The molecule has 0 saturated heterocycles. The van der Waals surface area contributed by atoms with E-state index in [1.165, 1.54) is 5.56 Å². The summed E-state index contributed by atoms with van der Waals surface area (Å²) >= 11 is 0. The lowest BCUT2D eigenvalue weighted by Gasteiger charge is -2.15. The first kappa shape index (κ1) is 17.7. The van der Waals surface area contributed by atoms with Gasteiger partial charge in [0.25, 0.3) is 0 Å². The van der Waals surface area contributed by atoms with E-state index in [0.29, 0.717) is 13.0 Å². The second kappa shape index (κ2) is 10.4. The van der Waals surface area contributed by atoms with Crippen molar-refractivity contribution in [3.05, 3.63) is 60.7 Å². The number of ether oxygens (including phenoxy) is 1. The van der Waals surface area contributed by atoms with E-state index >= 15 is 0 Å². The molecule has 1 aromatic rings. The highest BCUT2D eigenvalue weighted by Crippen LogP contribution is 2.12. The number of aliphatic hydroxyl groups is 1. The van der Waals surface area contributed by atoms with Gasteiger partial charge in [0.15, 0.2) is 0 Å². The minimum absolute atomic E-state index is 0.0718. The SMILES string of the molecule is C=CCC[C@H](/C=C\C[C@H](O)C(C)C)OCc1ccccc1. The Labute approximate surface area is 129 Å². The average molecular weight is 288 g/mol. The monoisotopic (exact) mass is 288 g/mol. The normalized spacial score (nSPS) is 14.5. The third-order valence-electron chi connectivity index (χ3n) is 3.46. The van der Waals surface area contributed by atoms with Gasteiger partial charge in [-0.2, -0.15) is 0 Å². The molecule has 0 bridgehead atoms. The van der Waals surface area contributed by atoms with Crippen LogP contribution >= 0.6 is 0 Å². The summed E-state index contributed by atoms with van der Waals surface area (Å²) in [7, 11) is 0. The van der Waals surface area contributed by atoms with Gasteiger partial charge >= 0.3 is 0 Å². The molecule has 1 N–H and O–H groups in total. The van der Waals surface area contributed by atoms with Gasteiger partial charge in [-0.25, -0.2) is 0 Å². The average Bonchev–Trinajstić information content (AvgIpc) is 2.50. The predicted molar refractivity (Wildman–Crippen MR) is 89.1 cm³/mol. The fourth-order valence-electron chi connectivity index (χ4n) is 1.94. The van der Waals surface area contributed by atoms with E-state index in [1.54, 1.807) is 0 Å². The zero-order valence-corrected chi connectivity index (χ0v) is 13.2. The molecule has 0 radical (unpaired) electrons. The minimum Gasteiger partial charge on any atom is -0.393 e. The van der Waals surface area contributed by atoms with Gasteiger partial charge in [0.05, 0.1) is 18.8 Å². The summed E-state index contributed by atoms with van der Waals surface area (Å²) in [4.78, 5) is 0. The Hall–Kier alpha value is -1.38. The first-order valence-electron chi connectivity index (χ1n) is 7.74. The Morgan fingerprint density at radius 2 is 1.95 bits per heavy atom. The standard InChI is InChI=1S/C19H28O2/c1-4-5-12-18(13-9-14-19(20)16(2)3)21-15-17-10-7-6-8-11-17/h4,6-11,13,16,18-20H,1,5,12,14-15H2,2-3H3/b13-9-/t18-,19+/m1/s1. The maximum absolute atomic E-state index is 9.82. The van der Waals surface area contributed by atoms with Crippen molar-refractivity contribution in [2.24, 2.45) is 5.92 Å². The lowest BCUT2D eigenvalue weighted by molar-refractivity contribution is 0.0665. The molecule has 0 fully saturated rings. The zero-order chi connectivity index (χ0) is 15.5. The van der Waals surface area contributed by atoms with E-state index < -0.39 is 0 Å². The lowest BCUT2D eigenvalue weighted by Crippen LogP contribution is -2.14. The fraction of sp³-hybridized carbons (Fsp3) is 0.474. The molecule has 0 aliphatic carbocycles. The summed E-state index contributed by atoms with van der Waals surface area (Å²) < 4.78 is 5.96. The first-order valence-corrected chi connectivity index (χ1v) is 7.74. The minimum atomic E-state index is -0.282. The van der Waals surface area contributed by atoms with Crippen LogP contribution in [0.5, 0.6) is 0 Å². The summed E-state index contributed by atoms with van der Waals surface area (Å²) in [6.45, 7) is 8.43. The Kier molecular flexibility index (Phi) is 8.72. The fourth-order valence-corrected chi connectivity index (χ4v) is 1.94. The molecule has 2 heteroatoms. The van der Waals surface area contributed by atoms with Gasteiger partial charge in [-0.05, 0) is 30.7 Å². The zero-order valence-electron chi connectivity index (χ0n) is 13.2. The molecule has 116 valence electrons. The molecule has 0 heterocycles. The second-order valence-electron chi connectivity index (χ2n) is 5.68. The molecule has 0 aliphatic heterocycles. The van der Waals surface area contributed by atoms with Crippen LogP contribution in [-0.4, -0.2) is 17.3 Å². The van der Waals surface area contributed by atoms with E-state index in [2.05, 4.69) is 24.8 Å². The summed E-state index contributed by atoms with van der Waals surface area (Å²) in [5.74, 6) is 0.284. The van der Waals surface area contributed by atoms with E-state index in [0.717, 1.165) is 12.8 Å². The Morgan fingerprint density at radius 1 is 1.24 bits per heavy atom. The van der Waals surface area contributed by atoms with E-state index in [-0.39, 0.29) is 18.1 Å². The van der Waals surface area contributed by atoms with Crippen LogP contribution in [-0.2, 0) is 11.3 Å². The highest BCUT2D eigenvalue weighted by Gasteiger charge is 2.08. The van der Waals surface area contributed by atoms with Gasteiger partial charge < -0.3 is 9.84 Å². The number of hydrogen-bond donors (Lipinski definition) is 1. The van der Waals surface area contributed by atoms with Crippen LogP contribution in [0.3, 0.4) is 0 Å². The highest BCUT2D eigenvalue weighted by atomic mass is 16.5. The van der Waals surface area contributed by atoms with Crippen molar-refractivity contribution in [2.45, 2.75) is 51.9 Å². The van der Waals surface area contributed by atoms with Gasteiger partial charge in [0.2, 0.25) is 0 Å². The molecule has 0 spiro atoms. The van der Waals surface area contributed by atoms with Gasteiger partial charge in [-0.1, -0.05) is 62.4 Å². The van der Waals surface area contributed by atoms with Gasteiger partial charge in [0, 0.05) is 0 Å². The molecule has 21 heavy (non-hydrogen) atoms. The van der Waals surface area contributed by atoms with Gasteiger partial charge in [-0.15, -0.1) is 6.58 Å². The number of allylic oxidation sites excluding steroid dienone is 1. The number of hydrogen-bond acceptors (Lipinski definition) is 2. The van der Waals surface area contributed by atoms with Crippen molar-refractivity contribution in [2.75, 3.05) is 0 Å². The van der Waals surface area contributed by atoms with Crippen LogP contribution in [0, 0.1) is 5.92 Å². The predicted octanol–water partition coefficient (Wildman–Crippen LogP) is 4.50. The van der Waals surface area contributed by atoms with Crippen LogP contribution < -0.4 is 0 Å². The summed E-state index contributed by atoms with van der Waals surface area (Å²) in [5.41, 5.74) is 1.18. The lowest BCUT2D eigenvalue weighted by atomic mass is 10.0. The van der Waals surface area contributed by atoms with E-state index in [9.17, 15) is 5.11 Å². The molecular weight excluding hydrogens is 260 g/mol. The Balaban J connectivity index is 2.46. The van der Waals surface area contributed by atoms with Crippen LogP contribution in [0.2, 0.25) is 0 Å². The van der Waals surface area contributed by atoms with Crippen molar-refractivity contribution in [1.82, 2.24) is 0 Å². The highest BCUT2D eigenvalue weighted by molar-refractivity contribution is 5.13. The van der Waals surface area contributed by atoms with Gasteiger partial charge in [-0.3, -0.25) is 0 Å².